The second-order valence-corrected chi connectivity index (χ2v) is 8.90. The fourth-order valence-corrected chi connectivity index (χ4v) is 4.52. The van der Waals surface area contributed by atoms with Crippen LogP contribution in [-0.2, 0) is 6.54 Å². The molecule has 2 aliphatic rings. The lowest BCUT2D eigenvalue weighted by atomic mass is 10.0. The van der Waals surface area contributed by atoms with Crippen LogP contribution in [0.2, 0.25) is 0 Å². The van der Waals surface area contributed by atoms with Gasteiger partial charge in [-0.05, 0) is 68.8 Å². The van der Waals surface area contributed by atoms with Crippen LogP contribution in [0.15, 0.2) is 18.3 Å². The molecule has 1 aromatic rings. The Morgan fingerprint density at radius 3 is 2.34 bits per heavy atom. The molecule has 6 nitrogen and oxygen atoms in total. The molecule has 1 atom stereocenters. The van der Waals surface area contributed by atoms with Gasteiger partial charge in [-0.15, -0.1) is 0 Å². The summed E-state index contributed by atoms with van der Waals surface area (Å²) in [6, 6.07) is 4.43. The number of amides is 2. The van der Waals surface area contributed by atoms with Gasteiger partial charge >= 0.3 is 6.03 Å². The summed E-state index contributed by atoms with van der Waals surface area (Å²) in [6.07, 6.45) is 10.9. The number of carbonyl (C=O) groups is 1. The summed E-state index contributed by atoms with van der Waals surface area (Å²) in [7, 11) is 0. The molecule has 2 aliphatic heterocycles. The Balaban J connectivity index is 1.46. The van der Waals surface area contributed by atoms with Crippen LogP contribution in [0.5, 0.6) is 0 Å². The normalized spacial score (nSPS) is 19.6. The van der Waals surface area contributed by atoms with E-state index in [0.29, 0.717) is 25.0 Å². The fraction of sp³-hybridized carbons (Fsp3) is 0.739. The lowest BCUT2D eigenvalue weighted by molar-refractivity contribution is 0.157. The van der Waals surface area contributed by atoms with Crippen molar-refractivity contribution in [3.8, 4) is 0 Å². The molecular formula is C23H39N5O. The van der Waals surface area contributed by atoms with Gasteiger partial charge in [0, 0.05) is 38.4 Å². The second-order valence-electron chi connectivity index (χ2n) is 8.90. The van der Waals surface area contributed by atoms with Crippen LogP contribution in [0.1, 0.15) is 64.4 Å². The number of nitrogens with zero attached hydrogens (tertiary/aromatic N) is 3. The first-order chi connectivity index (χ1) is 14.1. The minimum absolute atomic E-state index is 0.0817. The van der Waals surface area contributed by atoms with Gasteiger partial charge in [0.1, 0.15) is 5.82 Å². The summed E-state index contributed by atoms with van der Waals surface area (Å²) in [6.45, 7) is 10.2. The maximum atomic E-state index is 12.4. The van der Waals surface area contributed by atoms with Crippen molar-refractivity contribution in [3.05, 3.63) is 23.9 Å². The molecule has 0 spiro atoms. The van der Waals surface area contributed by atoms with E-state index in [-0.39, 0.29) is 6.03 Å². The third-order valence-corrected chi connectivity index (χ3v) is 6.29. The van der Waals surface area contributed by atoms with Crippen LogP contribution in [0.25, 0.3) is 0 Å². The summed E-state index contributed by atoms with van der Waals surface area (Å²) in [5.41, 5.74) is 1.10. The first-order valence-corrected chi connectivity index (χ1v) is 11.6. The molecule has 1 unspecified atom stereocenters. The molecule has 2 amide bonds. The summed E-state index contributed by atoms with van der Waals surface area (Å²) in [4.78, 5) is 21.9. The number of carbonyl (C=O) groups excluding carboxylic acids is 1. The topological polar surface area (TPSA) is 60.5 Å². The molecule has 0 aromatic carbocycles. The van der Waals surface area contributed by atoms with Gasteiger partial charge in [0.15, 0.2) is 0 Å². The molecule has 3 rings (SSSR count). The molecule has 0 radical (unpaired) electrons. The SMILES string of the molecule is CC(C)C(CNC(=O)NCc1ccnc(N2CCCCC2)c1)N1CCCCCC1. The molecule has 29 heavy (non-hydrogen) atoms. The van der Waals surface area contributed by atoms with Crippen molar-refractivity contribution in [1.82, 2.24) is 20.5 Å². The van der Waals surface area contributed by atoms with Crippen molar-refractivity contribution < 1.29 is 4.79 Å². The van der Waals surface area contributed by atoms with Crippen LogP contribution in [-0.4, -0.2) is 54.7 Å². The minimum Gasteiger partial charge on any atom is -0.357 e. The zero-order valence-corrected chi connectivity index (χ0v) is 18.3. The van der Waals surface area contributed by atoms with Gasteiger partial charge < -0.3 is 15.5 Å². The fourth-order valence-electron chi connectivity index (χ4n) is 4.52. The highest BCUT2D eigenvalue weighted by Crippen LogP contribution is 2.19. The Bertz CT molecular complexity index is 621. The molecule has 0 bridgehead atoms. The van der Waals surface area contributed by atoms with Crippen molar-refractivity contribution in [2.75, 3.05) is 37.6 Å². The monoisotopic (exact) mass is 401 g/mol. The van der Waals surface area contributed by atoms with E-state index in [1.54, 1.807) is 0 Å². The standard InChI is InChI=1S/C23H39N5O/c1-19(2)21(27-12-6-3-4-7-13-27)18-26-23(29)25-17-20-10-11-24-22(16-20)28-14-8-5-9-15-28/h10-11,16,19,21H,3-9,12-15,17-18H2,1-2H3,(H2,25,26,29). The number of aromatic nitrogens is 1. The van der Waals surface area contributed by atoms with Crippen molar-refractivity contribution in [1.29, 1.82) is 0 Å². The number of nitrogens with one attached hydrogen (secondary N) is 2. The predicted molar refractivity (Wildman–Crippen MR) is 119 cm³/mol. The van der Waals surface area contributed by atoms with E-state index in [4.69, 9.17) is 0 Å². The summed E-state index contributed by atoms with van der Waals surface area (Å²) < 4.78 is 0. The van der Waals surface area contributed by atoms with Crippen LogP contribution in [0, 0.1) is 5.92 Å². The van der Waals surface area contributed by atoms with E-state index in [0.717, 1.165) is 37.6 Å². The van der Waals surface area contributed by atoms with Crippen molar-refractivity contribution in [2.45, 2.75) is 71.4 Å². The molecule has 6 heteroatoms. The zero-order valence-electron chi connectivity index (χ0n) is 18.3. The Hall–Kier alpha value is -1.82. The number of hydrogen-bond acceptors (Lipinski definition) is 4. The highest BCUT2D eigenvalue weighted by molar-refractivity contribution is 5.73. The first-order valence-electron chi connectivity index (χ1n) is 11.6. The summed E-state index contributed by atoms with van der Waals surface area (Å²) in [5.74, 6) is 1.56. The molecular weight excluding hydrogens is 362 g/mol. The van der Waals surface area contributed by atoms with Gasteiger partial charge in [0.05, 0.1) is 0 Å². The van der Waals surface area contributed by atoms with Gasteiger partial charge in [0.25, 0.3) is 0 Å². The Kier molecular flexibility index (Phi) is 8.59. The quantitative estimate of drug-likeness (QED) is 0.730. The number of anilines is 1. The van der Waals surface area contributed by atoms with Crippen molar-refractivity contribution in [3.63, 3.8) is 0 Å². The molecule has 3 heterocycles. The smallest absolute Gasteiger partial charge is 0.315 e. The van der Waals surface area contributed by atoms with Crippen LogP contribution >= 0.6 is 0 Å². The molecule has 2 N–H and O–H groups in total. The maximum Gasteiger partial charge on any atom is 0.315 e. The Morgan fingerprint density at radius 1 is 1.00 bits per heavy atom. The number of urea groups is 1. The van der Waals surface area contributed by atoms with Crippen LogP contribution in [0.4, 0.5) is 10.6 Å². The van der Waals surface area contributed by atoms with E-state index in [2.05, 4.69) is 45.3 Å². The largest absolute Gasteiger partial charge is 0.357 e. The average molecular weight is 402 g/mol. The maximum absolute atomic E-state index is 12.4. The number of likely N-dealkylation sites (tertiary alicyclic amines) is 1. The van der Waals surface area contributed by atoms with Gasteiger partial charge in [-0.2, -0.15) is 0 Å². The molecule has 2 saturated heterocycles. The van der Waals surface area contributed by atoms with E-state index < -0.39 is 0 Å². The Labute approximate surface area is 176 Å². The lowest BCUT2D eigenvalue weighted by Gasteiger charge is -2.33. The number of pyridine rings is 1. The minimum atomic E-state index is -0.0817. The van der Waals surface area contributed by atoms with Gasteiger partial charge in [-0.1, -0.05) is 26.7 Å². The van der Waals surface area contributed by atoms with Crippen LogP contribution in [0.3, 0.4) is 0 Å². The number of rotatable bonds is 7. The Morgan fingerprint density at radius 2 is 1.66 bits per heavy atom. The van der Waals surface area contributed by atoms with Gasteiger partial charge in [-0.3, -0.25) is 4.90 Å². The van der Waals surface area contributed by atoms with Gasteiger partial charge in [-0.25, -0.2) is 9.78 Å². The number of hydrogen-bond donors (Lipinski definition) is 2. The average Bonchev–Trinajstić information content (AvgIpc) is 3.02. The molecule has 1 aromatic heterocycles. The summed E-state index contributed by atoms with van der Waals surface area (Å²) in [5, 5.41) is 6.14. The highest BCUT2D eigenvalue weighted by Gasteiger charge is 2.23. The van der Waals surface area contributed by atoms with E-state index in [1.165, 1.54) is 44.9 Å². The van der Waals surface area contributed by atoms with Crippen molar-refractivity contribution in [2.24, 2.45) is 5.92 Å². The predicted octanol–water partition coefficient (Wildman–Crippen LogP) is 3.77. The third kappa shape index (κ3) is 6.88. The number of piperidine rings is 1. The molecule has 0 saturated carbocycles. The lowest BCUT2D eigenvalue weighted by Crippen LogP contribution is -2.49. The van der Waals surface area contributed by atoms with E-state index in [1.807, 2.05) is 12.3 Å². The first kappa shape index (κ1) is 21.9. The molecule has 0 aliphatic carbocycles. The highest BCUT2D eigenvalue weighted by atomic mass is 16.2. The third-order valence-electron chi connectivity index (χ3n) is 6.29. The van der Waals surface area contributed by atoms with Crippen molar-refractivity contribution >= 4 is 11.8 Å². The molecule has 2 fully saturated rings. The van der Waals surface area contributed by atoms with E-state index >= 15 is 0 Å². The van der Waals surface area contributed by atoms with Gasteiger partial charge in [0.2, 0.25) is 0 Å². The summed E-state index contributed by atoms with van der Waals surface area (Å²) >= 11 is 0. The second kappa shape index (κ2) is 11.4. The molecule has 162 valence electrons. The van der Waals surface area contributed by atoms with Crippen LogP contribution < -0.4 is 15.5 Å². The zero-order chi connectivity index (χ0) is 20.5. The van der Waals surface area contributed by atoms with E-state index in [9.17, 15) is 4.79 Å².